The summed E-state index contributed by atoms with van der Waals surface area (Å²) in [6.07, 6.45) is -0.970. The Morgan fingerprint density at radius 3 is 2.43 bits per heavy atom. The monoisotopic (exact) mass is 286 g/mol. The molecule has 0 bridgehead atoms. The largest absolute Gasteiger partial charge is 0.504 e. The maximum atomic E-state index is 12.4. The summed E-state index contributed by atoms with van der Waals surface area (Å²) in [5.74, 6) is -0.969. The van der Waals surface area contributed by atoms with Crippen molar-refractivity contribution in [2.75, 3.05) is 7.11 Å². The molecule has 0 fully saturated rings. The summed E-state index contributed by atoms with van der Waals surface area (Å²) in [4.78, 5) is 23.6. The number of phenolic OH excluding ortho intramolecular Hbond substituents is 1. The number of aliphatic hydroxyl groups is 1. The second-order valence-electron chi connectivity index (χ2n) is 4.37. The number of methoxy groups -OCH3 is 1. The van der Waals surface area contributed by atoms with Crippen LogP contribution in [0.4, 0.5) is 0 Å². The van der Waals surface area contributed by atoms with Crippen LogP contribution in [0, 0.1) is 0 Å². The first-order chi connectivity index (χ1) is 10.1. The number of hydrogen-bond donors (Lipinski definition) is 2. The van der Waals surface area contributed by atoms with Gasteiger partial charge in [-0.05, 0) is 17.7 Å². The van der Waals surface area contributed by atoms with Crippen LogP contribution < -0.4 is 4.74 Å². The Bertz CT molecular complexity index is 664. The molecule has 2 aromatic carbocycles. The lowest BCUT2D eigenvalue weighted by Crippen LogP contribution is -2.14. The number of Topliss-reactive ketones (excluding diaryl/α,β-unsaturated/α-hetero) is 1. The van der Waals surface area contributed by atoms with Gasteiger partial charge in [-0.1, -0.05) is 30.3 Å². The zero-order chi connectivity index (χ0) is 15.4. The van der Waals surface area contributed by atoms with Gasteiger partial charge < -0.3 is 14.9 Å². The molecule has 5 nitrogen and oxygen atoms in total. The average Bonchev–Trinajstić information content (AvgIpc) is 2.53. The Hall–Kier alpha value is -2.66. The SMILES string of the molecule is COc1c(O)ccc(C(=O)C(O)c2ccccc2)c1C=O. The van der Waals surface area contributed by atoms with Crippen molar-refractivity contribution in [2.45, 2.75) is 6.10 Å². The number of ketones is 1. The van der Waals surface area contributed by atoms with Crippen molar-refractivity contribution in [3.8, 4) is 11.5 Å². The third kappa shape index (κ3) is 2.78. The Morgan fingerprint density at radius 1 is 1.19 bits per heavy atom. The van der Waals surface area contributed by atoms with Crippen molar-refractivity contribution >= 4 is 12.1 Å². The average molecular weight is 286 g/mol. The van der Waals surface area contributed by atoms with Crippen molar-refractivity contribution < 1.29 is 24.5 Å². The van der Waals surface area contributed by atoms with E-state index in [0.717, 1.165) is 0 Å². The van der Waals surface area contributed by atoms with Gasteiger partial charge in [-0.15, -0.1) is 0 Å². The quantitative estimate of drug-likeness (QED) is 0.650. The Balaban J connectivity index is 2.47. The molecular weight excluding hydrogens is 272 g/mol. The first-order valence-electron chi connectivity index (χ1n) is 6.22. The molecule has 1 unspecified atom stereocenters. The topological polar surface area (TPSA) is 83.8 Å². The van der Waals surface area contributed by atoms with Crippen LogP contribution >= 0.6 is 0 Å². The number of phenols is 1. The minimum atomic E-state index is -1.39. The molecule has 1 atom stereocenters. The van der Waals surface area contributed by atoms with E-state index in [4.69, 9.17) is 4.74 Å². The lowest BCUT2D eigenvalue weighted by Gasteiger charge is -2.14. The number of carbonyl (C=O) groups is 2. The number of ether oxygens (including phenoxy) is 1. The summed E-state index contributed by atoms with van der Waals surface area (Å²) in [7, 11) is 1.28. The summed E-state index contributed by atoms with van der Waals surface area (Å²) >= 11 is 0. The van der Waals surface area contributed by atoms with Crippen LogP contribution in [0.2, 0.25) is 0 Å². The third-order valence-electron chi connectivity index (χ3n) is 3.13. The van der Waals surface area contributed by atoms with Crippen LogP contribution in [0.1, 0.15) is 32.4 Å². The molecule has 0 radical (unpaired) electrons. The van der Waals surface area contributed by atoms with Gasteiger partial charge in [0.2, 0.25) is 0 Å². The Morgan fingerprint density at radius 2 is 1.86 bits per heavy atom. The molecule has 2 rings (SSSR count). The van der Waals surface area contributed by atoms with Gasteiger partial charge in [0.05, 0.1) is 12.7 Å². The molecule has 2 aromatic rings. The maximum Gasteiger partial charge on any atom is 0.196 e. The molecule has 0 saturated carbocycles. The fraction of sp³-hybridized carbons (Fsp3) is 0.125. The van der Waals surface area contributed by atoms with Crippen molar-refractivity contribution in [1.82, 2.24) is 0 Å². The smallest absolute Gasteiger partial charge is 0.196 e. The highest BCUT2D eigenvalue weighted by Crippen LogP contribution is 2.33. The van der Waals surface area contributed by atoms with Gasteiger partial charge in [-0.2, -0.15) is 0 Å². The molecule has 0 amide bonds. The number of hydrogen-bond acceptors (Lipinski definition) is 5. The van der Waals surface area contributed by atoms with Crippen molar-refractivity contribution in [2.24, 2.45) is 0 Å². The van der Waals surface area contributed by atoms with Gasteiger partial charge in [0, 0.05) is 5.56 Å². The zero-order valence-corrected chi connectivity index (χ0v) is 11.3. The summed E-state index contributed by atoms with van der Waals surface area (Å²) in [6.45, 7) is 0. The summed E-state index contributed by atoms with van der Waals surface area (Å²) < 4.78 is 4.93. The van der Waals surface area contributed by atoms with E-state index in [9.17, 15) is 19.8 Å². The number of aromatic hydroxyl groups is 1. The predicted molar refractivity (Wildman–Crippen MR) is 75.8 cm³/mol. The summed E-state index contributed by atoms with van der Waals surface area (Å²) in [5, 5.41) is 19.8. The standard InChI is InChI=1S/C16H14O5/c1-21-16-12(9-17)11(7-8-13(16)18)15(20)14(19)10-5-3-2-4-6-10/h2-9,14,18-19H,1H3. The molecule has 0 aliphatic rings. The number of carbonyl (C=O) groups excluding carboxylic acids is 2. The molecule has 2 N–H and O–H groups in total. The van der Waals surface area contributed by atoms with E-state index in [2.05, 4.69) is 0 Å². The van der Waals surface area contributed by atoms with Crippen LogP contribution in [-0.2, 0) is 0 Å². The van der Waals surface area contributed by atoms with Gasteiger partial charge >= 0.3 is 0 Å². The number of aliphatic hydroxyl groups excluding tert-OH is 1. The van der Waals surface area contributed by atoms with E-state index in [1.165, 1.54) is 19.2 Å². The van der Waals surface area contributed by atoms with Crippen LogP contribution in [0.5, 0.6) is 11.5 Å². The van der Waals surface area contributed by atoms with Gasteiger partial charge in [0.25, 0.3) is 0 Å². The zero-order valence-electron chi connectivity index (χ0n) is 11.3. The molecule has 0 aliphatic heterocycles. The van der Waals surface area contributed by atoms with E-state index in [1.807, 2.05) is 0 Å². The predicted octanol–water partition coefficient (Wildman–Crippen LogP) is 2.13. The molecule has 21 heavy (non-hydrogen) atoms. The van der Waals surface area contributed by atoms with Crippen LogP contribution in [0.25, 0.3) is 0 Å². The molecule has 0 aliphatic carbocycles. The second kappa shape index (κ2) is 6.19. The van der Waals surface area contributed by atoms with Crippen LogP contribution in [-0.4, -0.2) is 29.4 Å². The maximum absolute atomic E-state index is 12.4. The second-order valence-corrected chi connectivity index (χ2v) is 4.37. The fourth-order valence-corrected chi connectivity index (χ4v) is 2.07. The molecule has 0 heterocycles. The summed E-state index contributed by atoms with van der Waals surface area (Å²) in [5.41, 5.74) is 0.333. The van der Waals surface area contributed by atoms with Crippen LogP contribution in [0.15, 0.2) is 42.5 Å². The Labute approximate surface area is 121 Å². The molecule has 5 heteroatoms. The highest BCUT2D eigenvalue weighted by atomic mass is 16.5. The molecule has 0 aromatic heterocycles. The Kier molecular flexibility index (Phi) is 4.35. The number of aldehydes is 1. The normalized spacial score (nSPS) is 11.7. The lowest BCUT2D eigenvalue weighted by molar-refractivity contribution is 0.0744. The van der Waals surface area contributed by atoms with Crippen molar-refractivity contribution in [3.63, 3.8) is 0 Å². The van der Waals surface area contributed by atoms with E-state index >= 15 is 0 Å². The van der Waals surface area contributed by atoms with E-state index in [0.29, 0.717) is 11.8 Å². The van der Waals surface area contributed by atoms with Gasteiger partial charge in [0.1, 0.15) is 6.10 Å². The van der Waals surface area contributed by atoms with E-state index < -0.39 is 11.9 Å². The van der Waals surface area contributed by atoms with Gasteiger partial charge in [-0.3, -0.25) is 9.59 Å². The fourth-order valence-electron chi connectivity index (χ4n) is 2.07. The third-order valence-corrected chi connectivity index (χ3v) is 3.13. The minimum absolute atomic E-state index is 0.00370. The molecule has 0 saturated heterocycles. The van der Waals surface area contributed by atoms with Gasteiger partial charge in [-0.25, -0.2) is 0 Å². The number of rotatable bonds is 5. The lowest BCUT2D eigenvalue weighted by atomic mass is 9.96. The highest BCUT2D eigenvalue weighted by Gasteiger charge is 2.24. The first-order valence-corrected chi connectivity index (χ1v) is 6.22. The first kappa shape index (κ1) is 14.7. The molecule has 108 valence electrons. The van der Waals surface area contributed by atoms with E-state index in [1.54, 1.807) is 30.3 Å². The van der Waals surface area contributed by atoms with Crippen molar-refractivity contribution in [3.05, 3.63) is 59.2 Å². The highest BCUT2D eigenvalue weighted by molar-refractivity contribution is 6.07. The molecule has 0 spiro atoms. The van der Waals surface area contributed by atoms with Crippen LogP contribution in [0.3, 0.4) is 0 Å². The van der Waals surface area contributed by atoms with Crippen molar-refractivity contribution in [1.29, 1.82) is 0 Å². The molecular formula is C16H14O5. The minimum Gasteiger partial charge on any atom is -0.504 e. The number of benzene rings is 2. The van der Waals surface area contributed by atoms with Gasteiger partial charge in [0.15, 0.2) is 23.6 Å². The van der Waals surface area contributed by atoms with E-state index in [-0.39, 0.29) is 22.6 Å². The summed E-state index contributed by atoms with van der Waals surface area (Å²) in [6, 6.07) is 10.9.